The normalized spacial score (nSPS) is 16.8. The first kappa shape index (κ1) is 16.4. The lowest BCUT2D eigenvalue weighted by Crippen LogP contribution is -2.34. The Kier molecular flexibility index (Phi) is 4.60. The minimum Gasteiger partial charge on any atom is -0.505 e. The second-order valence-corrected chi connectivity index (χ2v) is 7.01. The van der Waals surface area contributed by atoms with Gasteiger partial charge in [-0.05, 0) is 49.7 Å². The molecule has 1 aromatic heterocycles. The van der Waals surface area contributed by atoms with Crippen LogP contribution in [0, 0.1) is 0 Å². The number of fused-ring (bicyclic) bond motifs is 1. The van der Waals surface area contributed by atoms with E-state index in [1.807, 2.05) is 36.4 Å². The Labute approximate surface area is 152 Å². The molecule has 3 aromatic rings. The van der Waals surface area contributed by atoms with Gasteiger partial charge in [-0.25, -0.2) is 0 Å². The van der Waals surface area contributed by atoms with Crippen LogP contribution in [0.15, 0.2) is 54.7 Å². The summed E-state index contributed by atoms with van der Waals surface area (Å²) in [5, 5.41) is 12.4. The number of pyridine rings is 1. The number of aromatic hydroxyl groups is 1. The Morgan fingerprint density at radius 2 is 1.76 bits per heavy atom. The van der Waals surface area contributed by atoms with Crippen molar-refractivity contribution in [2.75, 3.05) is 13.1 Å². The molecule has 0 amide bonds. The molecule has 0 unspecified atom stereocenters. The van der Waals surface area contributed by atoms with Gasteiger partial charge in [0.25, 0.3) is 0 Å². The van der Waals surface area contributed by atoms with Gasteiger partial charge < -0.3 is 5.11 Å². The number of aromatic nitrogens is 1. The SMILES string of the molecule is Oc1c([C@@H](c2ccccc2)N2CCCCC2)cc(Cl)c2cccnc12. The molecule has 128 valence electrons. The van der Waals surface area contributed by atoms with Gasteiger partial charge in [-0.15, -0.1) is 0 Å². The Balaban J connectivity index is 1.90. The predicted octanol–water partition coefficient (Wildman–Crippen LogP) is 5.17. The van der Waals surface area contributed by atoms with E-state index in [-0.39, 0.29) is 11.8 Å². The van der Waals surface area contributed by atoms with Gasteiger partial charge in [0.2, 0.25) is 0 Å². The first-order chi connectivity index (χ1) is 12.3. The Morgan fingerprint density at radius 3 is 2.52 bits per heavy atom. The molecule has 4 heteroatoms. The molecule has 3 nitrogen and oxygen atoms in total. The molecular weight excluding hydrogens is 332 g/mol. The summed E-state index contributed by atoms with van der Waals surface area (Å²) in [5.41, 5.74) is 2.58. The van der Waals surface area contributed by atoms with Gasteiger partial charge in [0, 0.05) is 17.1 Å². The highest BCUT2D eigenvalue weighted by molar-refractivity contribution is 6.35. The number of phenols is 1. The van der Waals surface area contributed by atoms with E-state index in [1.165, 1.54) is 24.8 Å². The third kappa shape index (κ3) is 3.10. The number of likely N-dealkylation sites (tertiary alicyclic amines) is 1. The summed E-state index contributed by atoms with van der Waals surface area (Å²) < 4.78 is 0. The van der Waals surface area contributed by atoms with Crippen LogP contribution in [-0.4, -0.2) is 28.1 Å². The van der Waals surface area contributed by atoms with Gasteiger partial charge in [0.1, 0.15) is 11.3 Å². The highest BCUT2D eigenvalue weighted by Crippen LogP contribution is 2.41. The maximum Gasteiger partial charge on any atom is 0.147 e. The maximum absolute atomic E-state index is 11.0. The lowest BCUT2D eigenvalue weighted by Gasteiger charge is -2.35. The molecule has 4 rings (SSSR count). The van der Waals surface area contributed by atoms with Crippen molar-refractivity contribution in [3.8, 4) is 5.75 Å². The summed E-state index contributed by atoms with van der Waals surface area (Å²) in [7, 11) is 0. The second kappa shape index (κ2) is 7.03. The molecule has 1 saturated heterocycles. The van der Waals surface area contributed by atoms with Gasteiger partial charge in [-0.1, -0.05) is 48.4 Å². The Bertz CT molecular complexity index is 876. The monoisotopic (exact) mass is 352 g/mol. The summed E-state index contributed by atoms with van der Waals surface area (Å²) in [4.78, 5) is 6.81. The molecule has 1 aliphatic heterocycles. The summed E-state index contributed by atoms with van der Waals surface area (Å²) in [5.74, 6) is 0.236. The smallest absolute Gasteiger partial charge is 0.147 e. The molecule has 0 spiro atoms. The quantitative estimate of drug-likeness (QED) is 0.706. The van der Waals surface area contributed by atoms with Crippen molar-refractivity contribution in [2.45, 2.75) is 25.3 Å². The molecule has 25 heavy (non-hydrogen) atoms. The zero-order chi connectivity index (χ0) is 17.2. The molecule has 2 heterocycles. The van der Waals surface area contributed by atoms with Crippen LogP contribution in [0.5, 0.6) is 5.75 Å². The first-order valence-corrected chi connectivity index (χ1v) is 9.18. The molecule has 0 saturated carbocycles. The molecule has 0 radical (unpaired) electrons. The van der Waals surface area contributed by atoms with Crippen LogP contribution >= 0.6 is 11.6 Å². The standard InChI is InChI=1S/C21H21ClN2O/c22-18-14-17(21(25)19-16(18)10-7-11-23-19)20(15-8-3-1-4-9-15)24-12-5-2-6-13-24/h1,3-4,7-11,14,20,25H,2,5-6,12-13H2/t20-/m1/s1. The highest BCUT2D eigenvalue weighted by atomic mass is 35.5. The molecular formula is C21H21ClN2O. The zero-order valence-corrected chi connectivity index (χ0v) is 14.8. The second-order valence-electron chi connectivity index (χ2n) is 6.61. The van der Waals surface area contributed by atoms with E-state index < -0.39 is 0 Å². The number of rotatable bonds is 3. The van der Waals surface area contributed by atoms with E-state index in [1.54, 1.807) is 6.20 Å². The van der Waals surface area contributed by atoms with E-state index in [0.717, 1.165) is 24.0 Å². The van der Waals surface area contributed by atoms with Gasteiger partial charge in [-0.3, -0.25) is 9.88 Å². The summed E-state index contributed by atoms with van der Waals surface area (Å²) in [6, 6.07) is 16.0. The van der Waals surface area contributed by atoms with E-state index in [4.69, 9.17) is 11.6 Å². The minimum atomic E-state index is -0.00888. The molecule has 0 aliphatic carbocycles. The van der Waals surface area contributed by atoms with Crippen LogP contribution < -0.4 is 0 Å². The van der Waals surface area contributed by atoms with Crippen molar-refractivity contribution < 1.29 is 5.11 Å². The maximum atomic E-state index is 11.0. The third-order valence-electron chi connectivity index (χ3n) is 5.01. The number of halogens is 1. The van der Waals surface area contributed by atoms with Gasteiger partial charge >= 0.3 is 0 Å². The average molecular weight is 353 g/mol. The number of benzene rings is 2. The van der Waals surface area contributed by atoms with E-state index in [2.05, 4.69) is 22.0 Å². The fourth-order valence-corrected chi connectivity index (χ4v) is 4.08. The molecule has 1 atom stereocenters. The van der Waals surface area contributed by atoms with Gasteiger partial charge in [0.15, 0.2) is 0 Å². The number of piperidine rings is 1. The number of nitrogens with zero attached hydrogens (tertiary/aromatic N) is 2. The van der Waals surface area contributed by atoms with Crippen molar-refractivity contribution in [3.05, 3.63) is 70.9 Å². The van der Waals surface area contributed by atoms with Crippen LogP contribution in [-0.2, 0) is 0 Å². The summed E-state index contributed by atoms with van der Waals surface area (Å²) in [6.07, 6.45) is 5.33. The van der Waals surface area contributed by atoms with Crippen LogP contribution in [0.2, 0.25) is 5.02 Å². The van der Waals surface area contributed by atoms with Crippen molar-refractivity contribution in [2.24, 2.45) is 0 Å². The van der Waals surface area contributed by atoms with Crippen LogP contribution in [0.4, 0.5) is 0 Å². The highest BCUT2D eigenvalue weighted by Gasteiger charge is 2.27. The van der Waals surface area contributed by atoms with Gasteiger partial charge in [0.05, 0.1) is 11.1 Å². The van der Waals surface area contributed by atoms with Crippen LogP contribution in [0.25, 0.3) is 10.9 Å². The topological polar surface area (TPSA) is 36.4 Å². The van der Waals surface area contributed by atoms with Crippen LogP contribution in [0.3, 0.4) is 0 Å². The number of hydrogen-bond donors (Lipinski definition) is 1. The fraction of sp³-hybridized carbons (Fsp3) is 0.286. The zero-order valence-electron chi connectivity index (χ0n) is 14.0. The molecule has 2 aromatic carbocycles. The Morgan fingerprint density at radius 1 is 1.00 bits per heavy atom. The Hall–Kier alpha value is -2.10. The van der Waals surface area contributed by atoms with E-state index in [0.29, 0.717) is 10.5 Å². The van der Waals surface area contributed by atoms with Crippen molar-refractivity contribution in [1.29, 1.82) is 0 Å². The summed E-state index contributed by atoms with van der Waals surface area (Å²) >= 11 is 6.54. The molecule has 0 bridgehead atoms. The molecule has 1 fully saturated rings. The number of hydrogen-bond acceptors (Lipinski definition) is 3. The minimum absolute atomic E-state index is 0.00888. The lowest BCUT2D eigenvalue weighted by atomic mass is 9.93. The summed E-state index contributed by atoms with van der Waals surface area (Å²) in [6.45, 7) is 2.05. The van der Waals surface area contributed by atoms with Crippen molar-refractivity contribution in [1.82, 2.24) is 9.88 Å². The first-order valence-electron chi connectivity index (χ1n) is 8.81. The van der Waals surface area contributed by atoms with Crippen molar-refractivity contribution in [3.63, 3.8) is 0 Å². The van der Waals surface area contributed by atoms with Gasteiger partial charge in [-0.2, -0.15) is 0 Å². The fourth-order valence-electron chi connectivity index (χ4n) is 3.81. The molecule has 1 N–H and O–H groups in total. The van der Waals surface area contributed by atoms with Crippen LogP contribution in [0.1, 0.15) is 36.4 Å². The average Bonchev–Trinajstić information content (AvgIpc) is 2.68. The number of phenolic OH excluding ortho intramolecular Hbond substituents is 1. The predicted molar refractivity (Wildman–Crippen MR) is 102 cm³/mol. The van der Waals surface area contributed by atoms with Crippen molar-refractivity contribution >= 4 is 22.5 Å². The molecule has 1 aliphatic rings. The third-order valence-corrected chi connectivity index (χ3v) is 5.32. The van der Waals surface area contributed by atoms with E-state index >= 15 is 0 Å². The van der Waals surface area contributed by atoms with E-state index in [9.17, 15) is 5.11 Å². The largest absolute Gasteiger partial charge is 0.505 e. The lowest BCUT2D eigenvalue weighted by molar-refractivity contribution is 0.185.